The van der Waals surface area contributed by atoms with Crippen molar-refractivity contribution in [1.82, 2.24) is 10.4 Å². The highest BCUT2D eigenvalue weighted by Gasteiger charge is 2.13. The lowest BCUT2D eigenvalue weighted by Gasteiger charge is -2.18. The number of hydrazine groups is 1. The van der Waals surface area contributed by atoms with Crippen LogP contribution in [0.5, 0.6) is 5.75 Å². The molecule has 0 aliphatic heterocycles. The van der Waals surface area contributed by atoms with Crippen LogP contribution in [0.2, 0.25) is 0 Å². The Balaban J connectivity index is 2.80. The summed E-state index contributed by atoms with van der Waals surface area (Å²) in [5.74, 6) is 0.721. The van der Waals surface area contributed by atoms with E-state index < -0.39 is 6.10 Å². The molecule has 0 aromatic heterocycles. The maximum absolute atomic E-state index is 10.0. The van der Waals surface area contributed by atoms with E-state index in [-0.39, 0.29) is 0 Å². The summed E-state index contributed by atoms with van der Waals surface area (Å²) in [6.45, 7) is 2.46. The summed E-state index contributed by atoms with van der Waals surface area (Å²) >= 11 is 0. The van der Waals surface area contributed by atoms with E-state index in [0.717, 1.165) is 16.9 Å². The van der Waals surface area contributed by atoms with E-state index in [2.05, 4.69) is 5.43 Å². The van der Waals surface area contributed by atoms with Gasteiger partial charge in [-0.25, -0.2) is 0 Å². The summed E-state index contributed by atoms with van der Waals surface area (Å²) in [4.78, 5) is 0. The number of nitrogens with zero attached hydrogens (tertiary/aromatic N) is 1. The van der Waals surface area contributed by atoms with Crippen LogP contribution in [-0.4, -0.2) is 37.9 Å². The van der Waals surface area contributed by atoms with Crippen molar-refractivity contribution in [2.45, 2.75) is 13.0 Å². The van der Waals surface area contributed by atoms with Gasteiger partial charge in [0.05, 0.1) is 13.2 Å². The van der Waals surface area contributed by atoms with E-state index in [9.17, 15) is 5.11 Å². The van der Waals surface area contributed by atoms with Gasteiger partial charge in [-0.2, -0.15) is 0 Å². The molecule has 16 heavy (non-hydrogen) atoms. The van der Waals surface area contributed by atoms with E-state index in [1.807, 2.05) is 44.2 Å². The first kappa shape index (κ1) is 13.0. The molecule has 1 rings (SSSR count). The largest absolute Gasteiger partial charge is 0.496 e. The number of hydrogen-bond donors (Lipinski definition) is 2. The molecule has 4 nitrogen and oxygen atoms in total. The predicted molar refractivity (Wildman–Crippen MR) is 64.4 cm³/mol. The number of hydrogen-bond acceptors (Lipinski definition) is 4. The maximum Gasteiger partial charge on any atom is 0.124 e. The molecule has 0 heterocycles. The summed E-state index contributed by atoms with van der Waals surface area (Å²) in [5.41, 5.74) is 4.97. The van der Waals surface area contributed by atoms with Crippen LogP contribution >= 0.6 is 0 Å². The molecule has 2 N–H and O–H groups in total. The van der Waals surface area contributed by atoms with Gasteiger partial charge in [-0.05, 0) is 19.1 Å². The van der Waals surface area contributed by atoms with Gasteiger partial charge in [0.2, 0.25) is 0 Å². The molecule has 0 aliphatic carbocycles. The molecule has 90 valence electrons. The summed E-state index contributed by atoms with van der Waals surface area (Å²) in [6, 6.07) is 5.79. The van der Waals surface area contributed by atoms with Crippen LogP contribution in [0.25, 0.3) is 0 Å². The van der Waals surface area contributed by atoms with E-state index in [1.54, 1.807) is 7.11 Å². The Morgan fingerprint density at radius 1 is 1.44 bits per heavy atom. The fourth-order valence-electron chi connectivity index (χ4n) is 1.49. The van der Waals surface area contributed by atoms with Crippen LogP contribution < -0.4 is 10.2 Å². The molecule has 0 spiro atoms. The second kappa shape index (κ2) is 5.84. The lowest BCUT2D eigenvalue weighted by atomic mass is 10.1. The molecule has 1 unspecified atom stereocenters. The van der Waals surface area contributed by atoms with E-state index >= 15 is 0 Å². The van der Waals surface area contributed by atoms with Crippen molar-refractivity contribution in [3.05, 3.63) is 29.3 Å². The first-order valence-corrected chi connectivity index (χ1v) is 5.28. The number of aliphatic hydroxyl groups is 1. The molecule has 1 atom stereocenters. The zero-order chi connectivity index (χ0) is 12.1. The zero-order valence-corrected chi connectivity index (χ0v) is 10.3. The van der Waals surface area contributed by atoms with Gasteiger partial charge in [0.25, 0.3) is 0 Å². The third-order valence-electron chi connectivity index (χ3n) is 2.35. The van der Waals surface area contributed by atoms with E-state index in [1.165, 1.54) is 0 Å². The van der Waals surface area contributed by atoms with Crippen LogP contribution in [0.1, 0.15) is 17.2 Å². The lowest BCUT2D eigenvalue weighted by molar-refractivity contribution is 0.138. The minimum atomic E-state index is -0.572. The molecule has 0 bridgehead atoms. The van der Waals surface area contributed by atoms with E-state index in [0.29, 0.717) is 6.54 Å². The lowest BCUT2D eigenvalue weighted by Crippen LogP contribution is -2.34. The topological polar surface area (TPSA) is 44.7 Å². The number of nitrogens with one attached hydrogen (secondary N) is 1. The fraction of sp³-hybridized carbons (Fsp3) is 0.500. The van der Waals surface area contributed by atoms with Crippen molar-refractivity contribution < 1.29 is 9.84 Å². The minimum Gasteiger partial charge on any atom is -0.496 e. The second-order valence-corrected chi connectivity index (χ2v) is 4.02. The van der Waals surface area contributed by atoms with Crippen molar-refractivity contribution in [1.29, 1.82) is 0 Å². The number of rotatable bonds is 5. The average Bonchev–Trinajstić information content (AvgIpc) is 2.25. The van der Waals surface area contributed by atoms with Gasteiger partial charge in [-0.1, -0.05) is 11.6 Å². The number of ether oxygens (including phenoxy) is 1. The average molecular weight is 224 g/mol. The smallest absolute Gasteiger partial charge is 0.124 e. The highest BCUT2D eigenvalue weighted by molar-refractivity contribution is 5.38. The normalized spacial score (nSPS) is 12.9. The van der Waals surface area contributed by atoms with Crippen LogP contribution in [0.4, 0.5) is 0 Å². The summed E-state index contributed by atoms with van der Waals surface area (Å²) < 4.78 is 5.23. The monoisotopic (exact) mass is 224 g/mol. The standard InChI is InChI=1S/C12H20N2O2/c1-9-5-6-12(16-4)10(7-9)11(15)8-13-14(2)3/h5-7,11,13,15H,8H2,1-4H3. The van der Waals surface area contributed by atoms with Crippen molar-refractivity contribution in [2.24, 2.45) is 0 Å². The highest BCUT2D eigenvalue weighted by atomic mass is 16.5. The summed E-state index contributed by atoms with van der Waals surface area (Å²) in [6.07, 6.45) is -0.572. The Morgan fingerprint density at radius 3 is 2.69 bits per heavy atom. The van der Waals surface area contributed by atoms with Crippen LogP contribution in [0, 0.1) is 6.92 Å². The quantitative estimate of drug-likeness (QED) is 0.735. The second-order valence-electron chi connectivity index (χ2n) is 4.02. The van der Waals surface area contributed by atoms with Crippen molar-refractivity contribution in [2.75, 3.05) is 27.7 Å². The van der Waals surface area contributed by atoms with Gasteiger partial charge in [-0.15, -0.1) is 0 Å². The van der Waals surface area contributed by atoms with Gasteiger partial charge < -0.3 is 9.84 Å². The molecular formula is C12H20N2O2. The first-order chi connectivity index (χ1) is 7.54. The maximum atomic E-state index is 10.0. The minimum absolute atomic E-state index is 0.465. The zero-order valence-electron chi connectivity index (χ0n) is 10.3. The number of methoxy groups -OCH3 is 1. The Bertz CT molecular complexity index is 340. The number of aryl methyl sites for hydroxylation is 1. The Morgan fingerprint density at radius 2 is 2.12 bits per heavy atom. The van der Waals surface area contributed by atoms with Gasteiger partial charge in [0.15, 0.2) is 0 Å². The number of benzene rings is 1. The molecule has 0 saturated heterocycles. The van der Waals surface area contributed by atoms with E-state index in [4.69, 9.17) is 4.74 Å². The van der Waals surface area contributed by atoms with Gasteiger partial charge >= 0.3 is 0 Å². The molecule has 0 amide bonds. The molecule has 4 heteroatoms. The molecule has 0 aliphatic rings. The highest BCUT2D eigenvalue weighted by Crippen LogP contribution is 2.25. The van der Waals surface area contributed by atoms with Crippen molar-refractivity contribution >= 4 is 0 Å². The molecule has 0 saturated carbocycles. The van der Waals surface area contributed by atoms with Crippen LogP contribution in [-0.2, 0) is 0 Å². The van der Waals surface area contributed by atoms with Gasteiger partial charge in [0, 0.05) is 26.2 Å². The molecule has 1 aromatic rings. The van der Waals surface area contributed by atoms with Gasteiger partial charge in [0.1, 0.15) is 5.75 Å². The van der Waals surface area contributed by atoms with Gasteiger partial charge in [-0.3, -0.25) is 10.4 Å². The Labute approximate surface area is 96.8 Å². The third kappa shape index (κ3) is 3.48. The molecule has 0 fully saturated rings. The Hall–Kier alpha value is -1.10. The summed E-state index contributed by atoms with van der Waals surface area (Å²) in [5, 5.41) is 11.8. The van der Waals surface area contributed by atoms with Crippen LogP contribution in [0.15, 0.2) is 18.2 Å². The molecule has 0 radical (unpaired) electrons. The third-order valence-corrected chi connectivity index (χ3v) is 2.35. The molecular weight excluding hydrogens is 204 g/mol. The van der Waals surface area contributed by atoms with Crippen molar-refractivity contribution in [3.8, 4) is 5.75 Å². The SMILES string of the molecule is COc1ccc(C)cc1C(O)CNN(C)C. The fourth-order valence-corrected chi connectivity index (χ4v) is 1.49. The number of aliphatic hydroxyl groups excluding tert-OH is 1. The summed E-state index contributed by atoms with van der Waals surface area (Å²) in [7, 11) is 5.39. The van der Waals surface area contributed by atoms with Crippen LogP contribution in [0.3, 0.4) is 0 Å². The predicted octanol–water partition coefficient (Wildman–Crippen LogP) is 1.10. The first-order valence-electron chi connectivity index (χ1n) is 5.28. The van der Waals surface area contributed by atoms with Crippen molar-refractivity contribution in [3.63, 3.8) is 0 Å². The molecule has 1 aromatic carbocycles. The Kier molecular flexibility index (Phi) is 4.73.